The van der Waals surface area contributed by atoms with Crippen LogP contribution in [0.4, 0.5) is 0 Å². The second kappa shape index (κ2) is 7.84. The molecule has 0 unspecified atom stereocenters. The molecule has 0 radical (unpaired) electrons. The Morgan fingerprint density at radius 2 is 2.00 bits per heavy atom. The van der Waals surface area contributed by atoms with Crippen LogP contribution in [-0.4, -0.2) is 18.2 Å². The lowest BCUT2D eigenvalue weighted by Gasteiger charge is -2.14. The van der Waals surface area contributed by atoms with E-state index in [0.29, 0.717) is 23.7 Å². The van der Waals surface area contributed by atoms with E-state index in [2.05, 4.69) is 0 Å². The van der Waals surface area contributed by atoms with E-state index in [4.69, 9.17) is 19.8 Å². The number of rotatable bonds is 6. The Kier molecular flexibility index (Phi) is 5.58. The number of para-hydroxylation sites is 1. The SMILES string of the molecule is COc1cccc(C=C(C#N)C(=O)O)c1OCc1ccccc1C. The molecule has 0 aliphatic heterocycles. The molecule has 0 aliphatic carbocycles. The van der Waals surface area contributed by atoms with Crippen molar-refractivity contribution in [2.45, 2.75) is 13.5 Å². The molecule has 0 saturated heterocycles. The minimum atomic E-state index is -1.29. The minimum absolute atomic E-state index is 0.308. The highest BCUT2D eigenvalue weighted by molar-refractivity contribution is 5.97. The molecule has 0 bridgehead atoms. The first-order chi connectivity index (χ1) is 11.6. The van der Waals surface area contributed by atoms with Gasteiger partial charge in [0.2, 0.25) is 0 Å². The van der Waals surface area contributed by atoms with Crippen molar-refractivity contribution >= 4 is 12.0 Å². The van der Waals surface area contributed by atoms with E-state index in [1.807, 2.05) is 31.2 Å². The van der Waals surface area contributed by atoms with Gasteiger partial charge in [0.25, 0.3) is 0 Å². The smallest absolute Gasteiger partial charge is 0.346 e. The second-order valence-corrected chi connectivity index (χ2v) is 5.07. The number of aryl methyl sites for hydroxylation is 1. The lowest BCUT2D eigenvalue weighted by atomic mass is 10.1. The number of carboxylic acid groups (broad SMARTS) is 1. The quantitative estimate of drug-likeness (QED) is 0.649. The Balaban J connectivity index is 2.39. The van der Waals surface area contributed by atoms with Crippen molar-refractivity contribution in [2.24, 2.45) is 0 Å². The van der Waals surface area contributed by atoms with Crippen molar-refractivity contribution in [3.05, 3.63) is 64.7 Å². The van der Waals surface area contributed by atoms with E-state index in [1.54, 1.807) is 24.3 Å². The largest absolute Gasteiger partial charge is 0.493 e. The van der Waals surface area contributed by atoms with Crippen molar-refractivity contribution < 1.29 is 19.4 Å². The van der Waals surface area contributed by atoms with Crippen LogP contribution in [0, 0.1) is 18.3 Å². The van der Waals surface area contributed by atoms with Crippen LogP contribution in [0.25, 0.3) is 6.08 Å². The Hall–Kier alpha value is -3.26. The standard InChI is InChI=1S/C19H17NO4/c1-13-6-3-4-7-15(13)12-24-18-14(8-5-9-17(18)23-2)10-16(11-20)19(21)22/h3-10H,12H2,1-2H3,(H,21,22). The molecule has 5 nitrogen and oxygen atoms in total. The van der Waals surface area contributed by atoms with Crippen molar-refractivity contribution in [3.63, 3.8) is 0 Å². The molecule has 0 atom stereocenters. The molecule has 2 rings (SSSR count). The van der Waals surface area contributed by atoms with Gasteiger partial charge in [-0.25, -0.2) is 4.79 Å². The van der Waals surface area contributed by atoms with Crippen LogP contribution in [0.2, 0.25) is 0 Å². The molecular formula is C19H17NO4. The van der Waals surface area contributed by atoms with E-state index in [1.165, 1.54) is 13.2 Å². The molecule has 24 heavy (non-hydrogen) atoms. The summed E-state index contributed by atoms with van der Waals surface area (Å²) in [5, 5.41) is 18.0. The number of ether oxygens (including phenoxy) is 2. The lowest BCUT2D eigenvalue weighted by molar-refractivity contribution is -0.132. The molecule has 5 heteroatoms. The normalized spacial score (nSPS) is 10.8. The topological polar surface area (TPSA) is 79.5 Å². The van der Waals surface area contributed by atoms with E-state index < -0.39 is 5.97 Å². The van der Waals surface area contributed by atoms with Gasteiger partial charge >= 0.3 is 5.97 Å². The summed E-state index contributed by atoms with van der Waals surface area (Å²) < 4.78 is 11.2. The first kappa shape index (κ1) is 17.1. The first-order valence-corrected chi connectivity index (χ1v) is 7.26. The third-order valence-corrected chi connectivity index (χ3v) is 3.51. The van der Waals surface area contributed by atoms with E-state index in [9.17, 15) is 4.79 Å². The highest BCUT2D eigenvalue weighted by Crippen LogP contribution is 2.33. The molecular weight excluding hydrogens is 306 g/mol. The number of nitrogens with zero attached hydrogens (tertiary/aromatic N) is 1. The monoisotopic (exact) mass is 323 g/mol. The summed E-state index contributed by atoms with van der Waals surface area (Å²) in [6.07, 6.45) is 1.28. The van der Waals surface area contributed by atoms with Crippen LogP contribution in [0.15, 0.2) is 48.0 Å². The number of carbonyl (C=O) groups is 1. The van der Waals surface area contributed by atoms with E-state index >= 15 is 0 Å². The summed E-state index contributed by atoms with van der Waals surface area (Å²) >= 11 is 0. The molecule has 2 aromatic rings. The summed E-state index contributed by atoms with van der Waals surface area (Å²) in [5.41, 5.74) is 2.20. The molecule has 0 aliphatic rings. The van der Waals surface area contributed by atoms with Gasteiger partial charge in [0.1, 0.15) is 18.2 Å². The average Bonchev–Trinajstić information content (AvgIpc) is 2.58. The summed E-state index contributed by atoms with van der Waals surface area (Å²) in [6.45, 7) is 2.29. The number of benzene rings is 2. The van der Waals surface area contributed by atoms with Crippen LogP contribution >= 0.6 is 0 Å². The van der Waals surface area contributed by atoms with Gasteiger partial charge in [-0.3, -0.25) is 0 Å². The molecule has 0 heterocycles. The number of methoxy groups -OCH3 is 1. The first-order valence-electron chi connectivity index (χ1n) is 7.26. The van der Waals surface area contributed by atoms with Crippen LogP contribution in [-0.2, 0) is 11.4 Å². The second-order valence-electron chi connectivity index (χ2n) is 5.07. The number of hydrogen-bond donors (Lipinski definition) is 1. The van der Waals surface area contributed by atoms with Crippen LogP contribution in [0.5, 0.6) is 11.5 Å². The van der Waals surface area contributed by atoms with Gasteiger partial charge in [0, 0.05) is 5.56 Å². The van der Waals surface area contributed by atoms with Gasteiger partial charge in [0.05, 0.1) is 7.11 Å². The molecule has 0 saturated carbocycles. The van der Waals surface area contributed by atoms with Gasteiger partial charge < -0.3 is 14.6 Å². The van der Waals surface area contributed by atoms with Gasteiger partial charge in [-0.15, -0.1) is 0 Å². The highest BCUT2D eigenvalue weighted by Gasteiger charge is 2.13. The van der Waals surface area contributed by atoms with Gasteiger partial charge in [-0.05, 0) is 30.2 Å². The Bertz CT molecular complexity index is 818. The maximum Gasteiger partial charge on any atom is 0.346 e. The highest BCUT2D eigenvalue weighted by atomic mass is 16.5. The third-order valence-electron chi connectivity index (χ3n) is 3.51. The summed E-state index contributed by atoms with van der Waals surface area (Å²) in [6, 6.07) is 14.6. The van der Waals surface area contributed by atoms with Gasteiger partial charge in [-0.2, -0.15) is 5.26 Å². The predicted molar refractivity (Wildman–Crippen MR) is 89.7 cm³/mol. The fraction of sp³-hybridized carbons (Fsp3) is 0.158. The van der Waals surface area contributed by atoms with Crippen molar-refractivity contribution in [1.29, 1.82) is 5.26 Å². The molecule has 0 amide bonds. The fourth-order valence-corrected chi connectivity index (χ4v) is 2.18. The summed E-state index contributed by atoms with van der Waals surface area (Å²) in [7, 11) is 1.51. The maximum absolute atomic E-state index is 11.1. The number of nitriles is 1. The number of aliphatic carboxylic acids is 1. The van der Waals surface area contributed by atoms with Crippen LogP contribution < -0.4 is 9.47 Å². The van der Waals surface area contributed by atoms with Gasteiger partial charge in [0.15, 0.2) is 11.5 Å². The zero-order chi connectivity index (χ0) is 17.5. The molecule has 122 valence electrons. The van der Waals surface area contributed by atoms with Crippen molar-refractivity contribution in [2.75, 3.05) is 7.11 Å². The minimum Gasteiger partial charge on any atom is -0.493 e. The van der Waals surface area contributed by atoms with Crippen LogP contribution in [0.1, 0.15) is 16.7 Å². The Labute approximate surface area is 140 Å². The van der Waals surface area contributed by atoms with Crippen LogP contribution in [0.3, 0.4) is 0 Å². The number of carboxylic acids is 1. The molecule has 2 aromatic carbocycles. The average molecular weight is 323 g/mol. The summed E-state index contributed by atoms with van der Waals surface area (Å²) in [5.74, 6) is -0.414. The molecule has 0 fully saturated rings. The van der Waals surface area contributed by atoms with Gasteiger partial charge in [-0.1, -0.05) is 36.4 Å². The van der Waals surface area contributed by atoms with Crippen molar-refractivity contribution in [3.8, 4) is 17.6 Å². The van der Waals surface area contributed by atoms with Crippen molar-refractivity contribution in [1.82, 2.24) is 0 Å². The zero-order valence-corrected chi connectivity index (χ0v) is 13.4. The van der Waals surface area contributed by atoms with E-state index in [0.717, 1.165) is 11.1 Å². The Morgan fingerprint density at radius 3 is 2.62 bits per heavy atom. The Morgan fingerprint density at radius 1 is 1.25 bits per heavy atom. The molecule has 0 spiro atoms. The molecule has 0 aromatic heterocycles. The van der Waals surface area contributed by atoms with E-state index in [-0.39, 0.29) is 5.57 Å². The zero-order valence-electron chi connectivity index (χ0n) is 13.4. The fourth-order valence-electron chi connectivity index (χ4n) is 2.18. The number of hydrogen-bond acceptors (Lipinski definition) is 4. The third kappa shape index (κ3) is 3.93. The predicted octanol–water partition coefficient (Wildman–Crippen LogP) is 3.57. The molecule has 1 N–H and O–H groups in total. The summed E-state index contributed by atoms with van der Waals surface area (Å²) in [4.78, 5) is 11.1. The lowest BCUT2D eigenvalue weighted by Crippen LogP contribution is -2.02. The maximum atomic E-state index is 11.1.